The van der Waals surface area contributed by atoms with Gasteiger partial charge in [-0.05, 0) is 110 Å². The Morgan fingerprint density at radius 3 is 2.52 bits per heavy atom. The van der Waals surface area contributed by atoms with Gasteiger partial charge in [0.05, 0.1) is 0 Å². The molecule has 0 radical (unpaired) electrons. The molecule has 3 aromatic rings. The Kier molecular flexibility index (Phi) is 11.4. The number of nitrogens with one attached hydrogen (secondary N) is 2. The van der Waals surface area contributed by atoms with Crippen LogP contribution in [0.4, 0.5) is 5.69 Å². The summed E-state index contributed by atoms with van der Waals surface area (Å²) in [5.74, 6) is 1.06. The molecule has 6 nitrogen and oxygen atoms in total. The van der Waals surface area contributed by atoms with Crippen molar-refractivity contribution in [2.75, 3.05) is 25.0 Å². The molecule has 6 rings (SSSR count). The molecular weight excluding hydrogens is 683 g/mol. The number of aromatic hydroxyl groups is 1. The van der Waals surface area contributed by atoms with Crippen LogP contribution in [0.2, 0.25) is 0 Å². The number of rotatable bonds is 10. The van der Waals surface area contributed by atoms with E-state index in [4.69, 9.17) is 0 Å². The van der Waals surface area contributed by atoms with Gasteiger partial charge in [0.2, 0.25) is 0 Å². The number of hydrogen-bond acceptors (Lipinski definition) is 5. The van der Waals surface area contributed by atoms with E-state index in [-0.39, 0.29) is 11.7 Å². The minimum atomic E-state index is 0.0573. The number of carbonyl (C=O) groups excluding carboxylic acids is 1. The third-order valence-corrected chi connectivity index (χ3v) is 11.3. The minimum absolute atomic E-state index is 0.0573. The quantitative estimate of drug-likeness (QED) is 0.112. The molecule has 0 aromatic heterocycles. The maximum absolute atomic E-state index is 13.6. The van der Waals surface area contributed by atoms with Gasteiger partial charge in [-0.1, -0.05) is 61.7 Å². The monoisotopic (exact) mass is 732 g/mol. The van der Waals surface area contributed by atoms with E-state index in [1.165, 1.54) is 57.8 Å². The van der Waals surface area contributed by atoms with Gasteiger partial charge in [-0.2, -0.15) is 0 Å². The topological polar surface area (TPSA) is 67.8 Å². The fourth-order valence-electron chi connectivity index (χ4n) is 7.71. The van der Waals surface area contributed by atoms with Crippen LogP contribution in [0.5, 0.6) is 5.75 Å². The van der Waals surface area contributed by atoms with Gasteiger partial charge in [0, 0.05) is 78.9 Å². The smallest absolute Gasteiger partial charge is 0.254 e. The lowest BCUT2D eigenvalue weighted by molar-refractivity contribution is 0.0734. The molecule has 1 heterocycles. The minimum Gasteiger partial charge on any atom is -0.508 e. The first-order valence-electron chi connectivity index (χ1n) is 17.3. The first-order chi connectivity index (χ1) is 22.5. The van der Waals surface area contributed by atoms with Gasteiger partial charge in [0.1, 0.15) is 5.75 Å². The lowest BCUT2D eigenvalue weighted by atomic mass is 9.80. The zero-order valence-corrected chi connectivity index (χ0v) is 29.3. The van der Waals surface area contributed by atoms with Crippen molar-refractivity contribution in [3.05, 3.63) is 94.5 Å². The highest BCUT2D eigenvalue weighted by molar-refractivity contribution is 14.1. The molecule has 0 spiro atoms. The molecule has 1 amide bonds. The van der Waals surface area contributed by atoms with Crippen LogP contribution in [0.1, 0.15) is 90.4 Å². The Morgan fingerprint density at radius 1 is 0.978 bits per heavy atom. The zero-order valence-electron chi connectivity index (χ0n) is 27.1. The number of fused-ring (bicyclic) bond motifs is 1. The van der Waals surface area contributed by atoms with Gasteiger partial charge in [0.15, 0.2) is 0 Å². The number of nitrogens with zero attached hydrogens (tertiary/aromatic N) is 2. The molecule has 0 bridgehead atoms. The number of anilines is 1. The third kappa shape index (κ3) is 8.33. The second kappa shape index (κ2) is 15.8. The standard InChI is InChI=1S/C39H49IN4O2/c1-43(22-20-29-13-19-37(38(24-29)42-40)41-33-10-6-3-7-11-33)34-17-15-30(16-18-34)39(46)44-23-21-32-26-35(45)25-31(36(32)27-44)14-12-28-8-4-2-5-9-28/h2,4-5,8-9,12,14-18,25-26,29,33,37-38,41-42,45H,3,6-7,10-11,13,19-24,27H2,1H3. The van der Waals surface area contributed by atoms with Gasteiger partial charge in [-0.3, -0.25) is 8.32 Å². The Morgan fingerprint density at radius 2 is 1.76 bits per heavy atom. The molecule has 46 heavy (non-hydrogen) atoms. The molecule has 3 unspecified atom stereocenters. The lowest BCUT2D eigenvalue weighted by Crippen LogP contribution is -2.52. The summed E-state index contributed by atoms with van der Waals surface area (Å²) in [5.41, 5.74) is 6.16. The summed E-state index contributed by atoms with van der Waals surface area (Å²) < 4.78 is 3.60. The number of hydrogen-bond donors (Lipinski definition) is 3. The van der Waals surface area contributed by atoms with Crippen molar-refractivity contribution in [3.63, 3.8) is 0 Å². The van der Waals surface area contributed by atoms with E-state index in [1.54, 1.807) is 6.07 Å². The van der Waals surface area contributed by atoms with Crippen LogP contribution in [0.3, 0.4) is 0 Å². The molecule has 7 heteroatoms. The maximum atomic E-state index is 13.6. The van der Waals surface area contributed by atoms with Crippen molar-refractivity contribution in [3.8, 4) is 5.75 Å². The van der Waals surface area contributed by atoms with Crippen LogP contribution in [0.25, 0.3) is 12.2 Å². The summed E-state index contributed by atoms with van der Waals surface area (Å²) in [6.45, 7) is 2.20. The molecule has 3 N–H and O–H groups in total. The summed E-state index contributed by atoms with van der Waals surface area (Å²) >= 11 is 2.37. The number of carbonyl (C=O) groups is 1. The van der Waals surface area contributed by atoms with Crippen LogP contribution in [-0.2, 0) is 13.0 Å². The predicted molar refractivity (Wildman–Crippen MR) is 198 cm³/mol. The number of phenols is 1. The third-order valence-electron chi connectivity index (χ3n) is 10.5. The van der Waals surface area contributed by atoms with E-state index in [0.29, 0.717) is 31.2 Å². The van der Waals surface area contributed by atoms with E-state index in [9.17, 15) is 9.90 Å². The van der Waals surface area contributed by atoms with Crippen LogP contribution in [0, 0.1) is 5.92 Å². The van der Waals surface area contributed by atoms with Crippen LogP contribution in [-0.4, -0.2) is 54.2 Å². The molecule has 2 aliphatic carbocycles. The van der Waals surface area contributed by atoms with Gasteiger partial charge >= 0.3 is 0 Å². The Hall–Kier alpha value is -2.88. The van der Waals surface area contributed by atoms with Crippen molar-refractivity contribution in [1.82, 2.24) is 13.7 Å². The highest BCUT2D eigenvalue weighted by atomic mass is 127. The van der Waals surface area contributed by atoms with E-state index < -0.39 is 0 Å². The van der Waals surface area contributed by atoms with E-state index >= 15 is 0 Å². The summed E-state index contributed by atoms with van der Waals surface area (Å²) in [5, 5.41) is 14.4. The van der Waals surface area contributed by atoms with Crippen LogP contribution in [0.15, 0.2) is 66.7 Å². The van der Waals surface area contributed by atoms with Crippen LogP contribution < -0.4 is 13.7 Å². The largest absolute Gasteiger partial charge is 0.508 e. The van der Waals surface area contributed by atoms with Crippen molar-refractivity contribution in [2.45, 2.75) is 88.9 Å². The summed E-state index contributed by atoms with van der Waals surface area (Å²) in [6, 6.07) is 23.8. The van der Waals surface area contributed by atoms with Crippen molar-refractivity contribution < 1.29 is 9.90 Å². The van der Waals surface area contributed by atoms with Crippen molar-refractivity contribution >= 4 is 46.6 Å². The summed E-state index contributed by atoms with van der Waals surface area (Å²) in [7, 11) is 2.17. The fourth-order valence-corrected chi connectivity index (χ4v) is 8.40. The molecule has 2 saturated carbocycles. The lowest BCUT2D eigenvalue weighted by Gasteiger charge is -2.39. The molecule has 244 valence electrons. The second-order valence-corrected chi connectivity index (χ2v) is 14.3. The number of phenolic OH excluding ortho intramolecular Hbond substituents is 1. The van der Waals surface area contributed by atoms with Gasteiger partial charge in [0.25, 0.3) is 5.91 Å². The Balaban J connectivity index is 1.02. The average molecular weight is 733 g/mol. The first-order valence-corrected chi connectivity index (χ1v) is 18.4. The predicted octanol–water partition coefficient (Wildman–Crippen LogP) is 7.99. The molecular formula is C39H49IN4O2. The Bertz CT molecular complexity index is 1470. The Labute approximate surface area is 289 Å². The molecule has 2 fully saturated rings. The molecule has 1 aliphatic heterocycles. The van der Waals surface area contributed by atoms with E-state index in [2.05, 4.69) is 74.0 Å². The normalized spacial score (nSPS) is 22.1. The van der Waals surface area contributed by atoms with Gasteiger partial charge < -0.3 is 20.2 Å². The van der Waals surface area contributed by atoms with Crippen LogP contribution >= 0.6 is 22.9 Å². The number of benzene rings is 3. The molecule has 0 saturated heterocycles. The van der Waals surface area contributed by atoms with E-state index in [0.717, 1.165) is 52.4 Å². The van der Waals surface area contributed by atoms with E-state index in [1.807, 2.05) is 47.4 Å². The molecule has 3 atom stereocenters. The summed E-state index contributed by atoms with van der Waals surface area (Å²) in [4.78, 5) is 17.9. The zero-order chi connectivity index (χ0) is 31.9. The maximum Gasteiger partial charge on any atom is 0.254 e. The number of amides is 1. The second-order valence-electron chi connectivity index (χ2n) is 13.7. The number of halogens is 1. The highest BCUT2D eigenvalue weighted by Crippen LogP contribution is 2.32. The first kappa shape index (κ1) is 33.0. The van der Waals surface area contributed by atoms with Crippen molar-refractivity contribution in [2.24, 2.45) is 5.92 Å². The van der Waals surface area contributed by atoms with Crippen molar-refractivity contribution in [1.29, 1.82) is 0 Å². The average Bonchev–Trinajstić information content (AvgIpc) is 3.10. The molecule has 3 aromatic carbocycles. The van der Waals surface area contributed by atoms with Gasteiger partial charge in [-0.15, -0.1) is 0 Å². The SMILES string of the molecule is CN(CCC1CCC(NC2CCCCC2)C(NI)C1)c1ccc(C(=O)N2CCc3cc(O)cc(C=Cc4ccccc4)c3C2)cc1. The van der Waals surface area contributed by atoms with Gasteiger partial charge in [-0.25, -0.2) is 0 Å². The molecule has 3 aliphatic rings. The summed E-state index contributed by atoms with van der Waals surface area (Å²) in [6.07, 6.45) is 16.7. The highest BCUT2D eigenvalue weighted by Gasteiger charge is 2.31. The fraction of sp³-hybridized carbons (Fsp3) is 0.462.